The zero-order valence-electron chi connectivity index (χ0n) is 15.0. The molecule has 0 aliphatic carbocycles. The van der Waals surface area contributed by atoms with Gasteiger partial charge in [0, 0.05) is 49.3 Å². The molecule has 0 saturated carbocycles. The number of rotatable bonds is 7. The normalized spacial score (nSPS) is 21.6. The second-order valence-electron chi connectivity index (χ2n) is 6.75. The number of hydrogen-bond acceptors (Lipinski definition) is 5. The van der Waals surface area contributed by atoms with Crippen LogP contribution in [-0.4, -0.2) is 53.8 Å². The van der Waals surface area contributed by atoms with Gasteiger partial charge in [0.2, 0.25) is 0 Å². The zero-order valence-corrected chi connectivity index (χ0v) is 15.8. The molecule has 2 atom stereocenters. The van der Waals surface area contributed by atoms with Crippen LogP contribution in [0.2, 0.25) is 5.02 Å². The van der Waals surface area contributed by atoms with Crippen molar-refractivity contribution in [3.63, 3.8) is 0 Å². The Labute approximate surface area is 154 Å². The predicted octanol–water partition coefficient (Wildman–Crippen LogP) is 3.83. The van der Waals surface area contributed by atoms with Crippen molar-refractivity contribution in [2.24, 2.45) is 5.92 Å². The Kier molecular flexibility index (Phi) is 6.45. The summed E-state index contributed by atoms with van der Waals surface area (Å²) < 4.78 is 5.44. The maximum Gasteiger partial charge on any atom is 0.137 e. The van der Waals surface area contributed by atoms with E-state index in [2.05, 4.69) is 27.1 Å². The van der Waals surface area contributed by atoms with E-state index in [4.69, 9.17) is 16.3 Å². The standard InChI is InChI=1S/C19H27ClN4O/c1-3-25-10-4-8-24-9-7-17(14(2)12-24)23-19-16-6-5-15(20)11-18(16)21-13-22-19/h5-6,11,13-14,17H,3-4,7-10,12H2,1-2H3,(H,21,22,23). The highest BCUT2D eigenvalue weighted by Gasteiger charge is 2.26. The number of anilines is 1. The predicted molar refractivity (Wildman–Crippen MR) is 103 cm³/mol. The molecule has 1 fully saturated rings. The van der Waals surface area contributed by atoms with Crippen LogP contribution >= 0.6 is 11.6 Å². The van der Waals surface area contributed by atoms with Crippen LogP contribution in [0.4, 0.5) is 5.82 Å². The molecule has 0 bridgehead atoms. The largest absolute Gasteiger partial charge is 0.382 e. The summed E-state index contributed by atoms with van der Waals surface area (Å²) in [6, 6.07) is 6.20. The molecule has 25 heavy (non-hydrogen) atoms. The van der Waals surface area contributed by atoms with Crippen molar-refractivity contribution in [1.29, 1.82) is 0 Å². The molecule has 136 valence electrons. The number of nitrogens with one attached hydrogen (secondary N) is 1. The van der Waals surface area contributed by atoms with Gasteiger partial charge in [-0.05, 0) is 43.9 Å². The van der Waals surface area contributed by atoms with E-state index in [1.165, 1.54) is 0 Å². The molecule has 0 radical (unpaired) electrons. The van der Waals surface area contributed by atoms with Gasteiger partial charge >= 0.3 is 0 Å². The molecule has 2 unspecified atom stereocenters. The number of aromatic nitrogens is 2. The Morgan fingerprint density at radius 3 is 3.04 bits per heavy atom. The first-order valence-electron chi connectivity index (χ1n) is 9.14. The van der Waals surface area contributed by atoms with Crippen molar-refractivity contribution in [1.82, 2.24) is 14.9 Å². The first-order chi connectivity index (χ1) is 12.2. The molecule has 1 aromatic heterocycles. The lowest BCUT2D eigenvalue weighted by Gasteiger charge is -2.37. The van der Waals surface area contributed by atoms with E-state index in [0.717, 1.165) is 62.4 Å². The number of benzene rings is 1. The van der Waals surface area contributed by atoms with E-state index >= 15 is 0 Å². The molecule has 1 aliphatic rings. The Morgan fingerprint density at radius 1 is 1.36 bits per heavy atom. The van der Waals surface area contributed by atoms with Crippen molar-refractivity contribution in [3.05, 3.63) is 29.5 Å². The van der Waals surface area contributed by atoms with Gasteiger partial charge in [0.05, 0.1) is 5.52 Å². The van der Waals surface area contributed by atoms with E-state index in [9.17, 15) is 0 Å². The Morgan fingerprint density at radius 2 is 2.24 bits per heavy atom. The molecule has 1 aliphatic heterocycles. The Bertz CT molecular complexity index is 696. The summed E-state index contributed by atoms with van der Waals surface area (Å²) in [6.45, 7) is 9.36. The molecule has 2 heterocycles. The number of halogens is 1. The van der Waals surface area contributed by atoms with Gasteiger partial charge < -0.3 is 15.0 Å². The summed E-state index contributed by atoms with van der Waals surface area (Å²) in [6.07, 6.45) is 3.83. The SMILES string of the molecule is CCOCCCN1CCC(Nc2ncnc3cc(Cl)ccc23)C(C)C1. The first kappa shape index (κ1) is 18.4. The minimum Gasteiger partial charge on any atom is -0.382 e. The summed E-state index contributed by atoms with van der Waals surface area (Å²) in [5, 5.41) is 5.37. The van der Waals surface area contributed by atoms with Gasteiger partial charge in [-0.15, -0.1) is 0 Å². The smallest absolute Gasteiger partial charge is 0.137 e. The molecule has 2 aromatic rings. The Balaban J connectivity index is 1.59. The van der Waals surface area contributed by atoms with E-state index < -0.39 is 0 Å². The summed E-state index contributed by atoms with van der Waals surface area (Å²) >= 11 is 6.07. The summed E-state index contributed by atoms with van der Waals surface area (Å²) in [5.74, 6) is 1.47. The summed E-state index contributed by atoms with van der Waals surface area (Å²) in [4.78, 5) is 11.3. The molecule has 6 heteroatoms. The number of nitrogens with zero attached hydrogens (tertiary/aromatic N) is 3. The third-order valence-electron chi connectivity index (χ3n) is 4.88. The minimum absolute atomic E-state index is 0.428. The quantitative estimate of drug-likeness (QED) is 0.758. The van der Waals surface area contributed by atoms with Crippen LogP contribution in [0.5, 0.6) is 0 Å². The van der Waals surface area contributed by atoms with Crippen LogP contribution in [0.3, 0.4) is 0 Å². The average molecular weight is 363 g/mol. The van der Waals surface area contributed by atoms with Gasteiger partial charge in [0.1, 0.15) is 12.1 Å². The topological polar surface area (TPSA) is 50.3 Å². The van der Waals surface area contributed by atoms with E-state index in [-0.39, 0.29) is 0 Å². The van der Waals surface area contributed by atoms with Gasteiger partial charge in [-0.25, -0.2) is 9.97 Å². The lowest BCUT2D eigenvalue weighted by atomic mass is 9.93. The van der Waals surface area contributed by atoms with Crippen molar-refractivity contribution in [2.45, 2.75) is 32.7 Å². The molecule has 1 N–H and O–H groups in total. The summed E-state index contributed by atoms with van der Waals surface area (Å²) in [5.41, 5.74) is 0.881. The second-order valence-corrected chi connectivity index (χ2v) is 7.19. The number of ether oxygens (including phenoxy) is 1. The minimum atomic E-state index is 0.428. The van der Waals surface area contributed by atoms with Crippen molar-refractivity contribution >= 4 is 28.3 Å². The first-order valence-corrected chi connectivity index (χ1v) is 9.52. The number of hydrogen-bond donors (Lipinski definition) is 1. The number of fused-ring (bicyclic) bond motifs is 1. The van der Waals surface area contributed by atoms with Crippen LogP contribution in [-0.2, 0) is 4.74 Å². The fourth-order valence-electron chi connectivity index (χ4n) is 3.50. The van der Waals surface area contributed by atoms with Gasteiger partial charge in [0.25, 0.3) is 0 Å². The zero-order chi connectivity index (χ0) is 17.6. The van der Waals surface area contributed by atoms with Crippen LogP contribution < -0.4 is 5.32 Å². The van der Waals surface area contributed by atoms with Crippen molar-refractivity contribution in [3.8, 4) is 0 Å². The fourth-order valence-corrected chi connectivity index (χ4v) is 3.67. The maximum absolute atomic E-state index is 6.07. The molecule has 1 saturated heterocycles. The third kappa shape index (κ3) is 4.81. The molecule has 0 amide bonds. The second kappa shape index (κ2) is 8.79. The van der Waals surface area contributed by atoms with Gasteiger partial charge in [-0.1, -0.05) is 18.5 Å². The van der Waals surface area contributed by atoms with E-state index in [0.29, 0.717) is 17.0 Å². The average Bonchev–Trinajstić information content (AvgIpc) is 2.61. The highest BCUT2D eigenvalue weighted by atomic mass is 35.5. The lowest BCUT2D eigenvalue weighted by molar-refractivity contribution is 0.117. The monoisotopic (exact) mass is 362 g/mol. The van der Waals surface area contributed by atoms with E-state index in [1.807, 2.05) is 25.1 Å². The van der Waals surface area contributed by atoms with Crippen molar-refractivity contribution < 1.29 is 4.74 Å². The fraction of sp³-hybridized carbons (Fsp3) is 0.579. The maximum atomic E-state index is 6.07. The third-order valence-corrected chi connectivity index (χ3v) is 5.11. The van der Waals surface area contributed by atoms with Gasteiger partial charge in [-0.3, -0.25) is 0 Å². The number of piperidine rings is 1. The van der Waals surface area contributed by atoms with Crippen LogP contribution in [0, 0.1) is 5.92 Å². The van der Waals surface area contributed by atoms with Crippen LogP contribution in [0.15, 0.2) is 24.5 Å². The van der Waals surface area contributed by atoms with Crippen molar-refractivity contribution in [2.75, 3.05) is 38.2 Å². The highest BCUT2D eigenvalue weighted by Crippen LogP contribution is 2.26. The number of likely N-dealkylation sites (tertiary alicyclic amines) is 1. The van der Waals surface area contributed by atoms with Crippen LogP contribution in [0.1, 0.15) is 26.7 Å². The molecule has 5 nitrogen and oxygen atoms in total. The lowest BCUT2D eigenvalue weighted by Crippen LogP contribution is -2.45. The van der Waals surface area contributed by atoms with Gasteiger partial charge in [-0.2, -0.15) is 0 Å². The molecular formula is C19H27ClN4O. The molecule has 0 spiro atoms. The summed E-state index contributed by atoms with van der Waals surface area (Å²) in [7, 11) is 0. The Hall–Kier alpha value is -1.43. The highest BCUT2D eigenvalue weighted by molar-refractivity contribution is 6.31. The molecule has 3 rings (SSSR count). The molecule has 1 aromatic carbocycles. The van der Waals surface area contributed by atoms with Crippen LogP contribution in [0.25, 0.3) is 10.9 Å². The van der Waals surface area contributed by atoms with E-state index in [1.54, 1.807) is 6.33 Å². The molecular weight excluding hydrogens is 336 g/mol. The van der Waals surface area contributed by atoms with Gasteiger partial charge in [0.15, 0.2) is 0 Å².